The van der Waals surface area contributed by atoms with Crippen molar-refractivity contribution in [3.05, 3.63) is 70.8 Å². The maximum absolute atomic E-state index is 12.3. The van der Waals surface area contributed by atoms with Crippen molar-refractivity contribution >= 4 is 5.91 Å². The number of rotatable bonds is 8. The summed E-state index contributed by atoms with van der Waals surface area (Å²) in [5, 5.41) is 2.85. The molecular formula is C22H25F3N2O3. The van der Waals surface area contributed by atoms with Crippen molar-refractivity contribution in [3.63, 3.8) is 0 Å². The topological polar surface area (TPSA) is 50.8 Å². The molecule has 162 valence electrons. The second-order valence-electron chi connectivity index (χ2n) is 7.19. The number of alkyl halides is 3. The fourth-order valence-electron chi connectivity index (χ4n) is 3.10. The van der Waals surface area contributed by atoms with Gasteiger partial charge in [0, 0.05) is 31.7 Å². The lowest BCUT2D eigenvalue weighted by Gasteiger charge is -2.26. The van der Waals surface area contributed by atoms with Gasteiger partial charge < -0.3 is 14.8 Å². The molecule has 0 unspecified atom stereocenters. The van der Waals surface area contributed by atoms with Gasteiger partial charge in [0.15, 0.2) is 0 Å². The molecule has 8 heteroatoms. The molecule has 3 rings (SSSR count). The van der Waals surface area contributed by atoms with Gasteiger partial charge in [0.05, 0.1) is 19.8 Å². The molecule has 1 amide bonds. The van der Waals surface area contributed by atoms with E-state index in [0.29, 0.717) is 17.7 Å². The van der Waals surface area contributed by atoms with Crippen LogP contribution in [0.2, 0.25) is 0 Å². The van der Waals surface area contributed by atoms with Crippen LogP contribution in [0.1, 0.15) is 27.0 Å². The molecule has 1 N–H and O–H groups in total. The van der Waals surface area contributed by atoms with Gasteiger partial charge in [-0.1, -0.05) is 36.4 Å². The molecule has 1 saturated heterocycles. The Balaban J connectivity index is 1.43. The van der Waals surface area contributed by atoms with Crippen LogP contribution in [0.15, 0.2) is 48.5 Å². The van der Waals surface area contributed by atoms with Gasteiger partial charge in [0.2, 0.25) is 0 Å². The highest BCUT2D eigenvalue weighted by atomic mass is 19.4. The second kappa shape index (κ2) is 10.6. The van der Waals surface area contributed by atoms with Crippen molar-refractivity contribution in [2.24, 2.45) is 0 Å². The molecule has 0 bridgehead atoms. The van der Waals surface area contributed by atoms with Crippen molar-refractivity contribution in [1.82, 2.24) is 10.2 Å². The van der Waals surface area contributed by atoms with E-state index in [1.54, 1.807) is 24.3 Å². The predicted molar refractivity (Wildman–Crippen MR) is 106 cm³/mol. The number of nitrogens with one attached hydrogen (secondary N) is 1. The minimum Gasteiger partial charge on any atom is -0.379 e. The van der Waals surface area contributed by atoms with Crippen molar-refractivity contribution in [2.45, 2.75) is 25.9 Å². The Morgan fingerprint density at radius 3 is 2.20 bits per heavy atom. The van der Waals surface area contributed by atoms with Crippen LogP contribution < -0.4 is 5.32 Å². The van der Waals surface area contributed by atoms with E-state index in [9.17, 15) is 18.0 Å². The van der Waals surface area contributed by atoms with Crippen LogP contribution in [0.5, 0.6) is 0 Å². The smallest absolute Gasteiger partial charge is 0.379 e. The molecule has 0 radical (unpaired) electrons. The highest BCUT2D eigenvalue weighted by Gasteiger charge is 2.27. The summed E-state index contributed by atoms with van der Waals surface area (Å²) < 4.78 is 46.3. The standard InChI is InChI=1S/C22H25F3N2O3/c23-22(24,25)16-30-15-19-5-7-20(8-6-19)21(28)26-13-17-1-3-18(4-2-17)14-27-9-11-29-12-10-27/h1-8H,9-16H2,(H,26,28). The Morgan fingerprint density at radius 1 is 0.967 bits per heavy atom. The first-order valence-corrected chi connectivity index (χ1v) is 9.78. The average Bonchev–Trinajstić information content (AvgIpc) is 2.73. The molecule has 0 aromatic heterocycles. The monoisotopic (exact) mass is 422 g/mol. The third-order valence-corrected chi connectivity index (χ3v) is 4.74. The Hall–Kier alpha value is -2.42. The highest BCUT2D eigenvalue weighted by Crippen LogP contribution is 2.16. The zero-order chi connectivity index (χ0) is 21.4. The van der Waals surface area contributed by atoms with Crippen LogP contribution in [-0.4, -0.2) is 49.9 Å². The number of hydrogen-bond acceptors (Lipinski definition) is 4. The fourth-order valence-corrected chi connectivity index (χ4v) is 3.10. The minimum atomic E-state index is -4.35. The molecular weight excluding hydrogens is 397 g/mol. The maximum atomic E-state index is 12.3. The molecule has 0 atom stereocenters. The number of nitrogens with zero attached hydrogens (tertiary/aromatic N) is 1. The van der Waals surface area contributed by atoms with Gasteiger partial charge in [-0.25, -0.2) is 0 Å². The van der Waals surface area contributed by atoms with E-state index in [-0.39, 0.29) is 12.5 Å². The first-order valence-electron chi connectivity index (χ1n) is 9.78. The Morgan fingerprint density at radius 2 is 1.57 bits per heavy atom. The number of carbonyl (C=O) groups is 1. The third kappa shape index (κ3) is 7.44. The zero-order valence-electron chi connectivity index (χ0n) is 16.6. The Labute approximate surface area is 173 Å². The average molecular weight is 422 g/mol. The van der Waals surface area contributed by atoms with Gasteiger partial charge in [0.1, 0.15) is 6.61 Å². The zero-order valence-corrected chi connectivity index (χ0v) is 16.6. The summed E-state index contributed by atoms with van der Waals surface area (Å²) in [5.74, 6) is -0.241. The number of benzene rings is 2. The van der Waals surface area contributed by atoms with Crippen molar-refractivity contribution in [2.75, 3.05) is 32.9 Å². The molecule has 2 aromatic carbocycles. The third-order valence-electron chi connectivity index (χ3n) is 4.74. The SMILES string of the molecule is O=C(NCc1ccc(CN2CCOCC2)cc1)c1ccc(COCC(F)(F)F)cc1. The van der Waals surface area contributed by atoms with E-state index >= 15 is 0 Å². The number of amides is 1. The van der Waals surface area contributed by atoms with E-state index in [1.165, 1.54) is 5.56 Å². The van der Waals surface area contributed by atoms with Gasteiger partial charge in [-0.3, -0.25) is 9.69 Å². The van der Waals surface area contributed by atoms with Crippen LogP contribution in [0.25, 0.3) is 0 Å². The molecule has 2 aromatic rings. The molecule has 1 fully saturated rings. The minimum absolute atomic E-state index is 0.155. The van der Waals surface area contributed by atoms with E-state index < -0.39 is 12.8 Å². The molecule has 5 nitrogen and oxygen atoms in total. The van der Waals surface area contributed by atoms with Gasteiger partial charge in [0.25, 0.3) is 5.91 Å². The fraction of sp³-hybridized carbons (Fsp3) is 0.409. The molecule has 1 aliphatic rings. The van der Waals surface area contributed by atoms with Crippen LogP contribution in [0.4, 0.5) is 13.2 Å². The summed E-state index contributed by atoms with van der Waals surface area (Å²) in [7, 11) is 0. The second-order valence-corrected chi connectivity index (χ2v) is 7.19. The van der Waals surface area contributed by atoms with Crippen molar-refractivity contribution in [3.8, 4) is 0 Å². The molecule has 0 saturated carbocycles. The summed E-state index contributed by atoms with van der Waals surface area (Å²) in [5.41, 5.74) is 3.23. The van der Waals surface area contributed by atoms with Crippen molar-refractivity contribution in [1.29, 1.82) is 0 Å². The molecule has 0 spiro atoms. The first kappa shape index (κ1) is 22.3. The first-order chi connectivity index (χ1) is 14.4. The quantitative estimate of drug-likeness (QED) is 0.707. The Kier molecular flexibility index (Phi) is 7.84. The van der Waals surface area contributed by atoms with E-state index in [2.05, 4.69) is 27.1 Å². The van der Waals surface area contributed by atoms with Crippen molar-refractivity contribution < 1.29 is 27.4 Å². The summed E-state index contributed by atoms with van der Waals surface area (Å²) in [6, 6.07) is 14.4. The number of hydrogen-bond donors (Lipinski definition) is 1. The number of morpholine rings is 1. The maximum Gasteiger partial charge on any atom is 0.411 e. The molecule has 0 aliphatic carbocycles. The van der Waals surface area contributed by atoms with Crippen LogP contribution >= 0.6 is 0 Å². The van der Waals surface area contributed by atoms with E-state index in [1.807, 2.05) is 12.1 Å². The number of carbonyl (C=O) groups excluding carboxylic acids is 1. The molecule has 1 aliphatic heterocycles. The Bertz CT molecular complexity index is 802. The van der Waals surface area contributed by atoms with E-state index in [0.717, 1.165) is 38.4 Å². The van der Waals surface area contributed by atoms with Gasteiger partial charge >= 0.3 is 6.18 Å². The number of ether oxygens (including phenoxy) is 2. The predicted octanol–water partition coefficient (Wildman–Crippen LogP) is 3.53. The normalized spacial score (nSPS) is 15.2. The largest absolute Gasteiger partial charge is 0.411 e. The lowest BCUT2D eigenvalue weighted by molar-refractivity contribution is -0.176. The summed E-state index contributed by atoms with van der Waals surface area (Å²) in [6.07, 6.45) is -4.35. The lowest BCUT2D eigenvalue weighted by Crippen LogP contribution is -2.35. The molecule has 30 heavy (non-hydrogen) atoms. The summed E-state index contributed by atoms with van der Waals surface area (Å²) >= 11 is 0. The number of halogens is 3. The van der Waals surface area contributed by atoms with E-state index in [4.69, 9.17) is 4.74 Å². The molecule has 1 heterocycles. The lowest BCUT2D eigenvalue weighted by atomic mass is 10.1. The van der Waals surface area contributed by atoms with Crippen LogP contribution in [0.3, 0.4) is 0 Å². The van der Waals surface area contributed by atoms with Crippen LogP contribution in [0, 0.1) is 0 Å². The highest BCUT2D eigenvalue weighted by molar-refractivity contribution is 5.94. The van der Waals surface area contributed by atoms with Gasteiger partial charge in [-0.05, 0) is 28.8 Å². The van der Waals surface area contributed by atoms with Gasteiger partial charge in [-0.2, -0.15) is 13.2 Å². The summed E-state index contributed by atoms with van der Waals surface area (Å²) in [6.45, 7) is 3.24. The van der Waals surface area contributed by atoms with Gasteiger partial charge in [-0.15, -0.1) is 0 Å². The van der Waals surface area contributed by atoms with Crippen LogP contribution in [-0.2, 0) is 29.2 Å². The summed E-state index contributed by atoms with van der Waals surface area (Å²) in [4.78, 5) is 14.6.